The molecule has 0 radical (unpaired) electrons. The second kappa shape index (κ2) is 3.37. The van der Waals surface area contributed by atoms with Gasteiger partial charge in [0.15, 0.2) is 5.82 Å². The number of imide groups is 2. The van der Waals surface area contributed by atoms with Crippen LogP contribution in [0.15, 0.2) is 6.33 Å². The highest BCUT2D eigenvalue weighted by atomic mass is 16.2. The Morgan fingerprint density at radius 2 is 2.11 bits per heavy atom. The minimum atomic E-state index is -1.01. The van der Waals surface area contributed by atoms with Crippen LogP contribution in [0.3, 0.4) is 0 Å². The number of barbiturate groups is 1. The SMILES string of the molecule is Cn1cnnc1CN1C(=O)NC(=O)C2(CC2)C1=O. The van der Waals surface area contributed by atoms with Crippen molar-refractivity contribution in [3.63, 3.8) is 0 Å². The number of carbonyl (C=O) groups is 3. The molecule has 1 spiro atoms. The van der Waals surface area contributed by atoms with Crippen molar-refractivity contribution in [1.82, 2.24) is 25.0 Å². The number of nitrogens with zero attached hydrogens (tertiary/aromatic N) is 4. The summed E-state index contributed by atoms with van der Waals surface area (Å²) in [6.45, 7) is 0.0240. The fourth-order valence-electron chi connectivity index (χ4n) is 2.03. The minimum absolute atomic E-state index is 0.0240. The van der Waals surface area contributed by atoms with Crippen molar-refractivity contribution in [2.45, 2.75) is 19.4 Å². The molecule has 2 fully saturated rings. The summed E-state index contributed by atoms with van der Waals surface area (Å²) in [5, 5.41) is 9.71. The van der Waals surface area contributed by atoms with Gasteiger partial charge in [-0.3, -0.25) is 19.8 Å². The fraction of sp³-hybridized carbons (Fsp3) is 0.500. The third-order valence-electron chi connectivity index (χ3n) is 3.41. The van der Waals surface area contributed by atoms with Gasteiger partial charge in [0.2, 0.25) is 11.8 Å². The molecule has 0 unspecified atom stereocenters. The zero-order chi connectivity index (χ0) is 12.9. The Kier molecular flexibility index (Phi) is 2.04. The lowest BCUT2D eigenvalue weighted by Crippen LogP contribution is -2.58. The van der Waals surface area contributed by atoms with Gasteiger partial charge in [-0.25, -0.2) is 4.79 Å². The van der Waals surface area contributed by atoms with Gasteiger partial charge < -0.3 is 4.57 Å². The van der Waals surface area contributed by atoms with Gasteiger partial charge in [0.25, 0.3) is 0 Å². The Balaban J connectivity index is 1.87. The van der Waals surface area contributed by atoms with Gasteiger partial charge in [0, 0.05) is 7.05 Å². The first-order valence-corrected chi connectivity index (χ1v) is 5.55. The van der Waals surface area contributed by atoms with Crippen molar-refractivity contribution in [3.8, 4) is 0 Å². The first-order chi connectivity index (χ1) is 8.54. The molecule has 1 N–H and O–H groups in total. The van der Waals surface area contributed by atoms with E-state index in [0.29, 0.717) is 18.7 Å². The van der Waals surface area contributed by atoms with E-state index in [0.717, 1.165) is 4.90 Å². The van der Waals surface area contributed by atoms with E-state index in [-0.39, 0.29) is 6.54 Å². The van der Waals surface area contributed by atoms with Crippen molar-refractivity contribution < 1.29 is 14.4 Å². The molecule has 3 rings (SSSR count). The standard InChI is InChI=1S/C10H11N5O3/c1-14-5-11-13-6(14)4-15-8(17)10(2-3-10)7(16)12-9(15)18/h5H,2-4H2,1H3,(H,12,16,18). The molecule has 1 aromatic heterocycles. The summed E-state index contributed by atoms with van der Waals surface area (Å²) in [5.74, 6) is -0.422. The average Bonchev–Trinajstić information content (AvgIpc) is 3.03. The van der Waals surface area contributed by atoms with E-state index in [1.807, 2.05) is 0 Å². The molecule has 1 aromatic rings. The molecule has 8 heteroatoms. The maximum absolute atomic E-state index is 12.2. The molecular formula is C10H11N5O3. The van der Waals surface area contributed by atoms with Crippen LogP contribution in [0.2, 0.25) is 0 Å². The largest absolute Gasteiger partial charge is 0.331 e. The van der Waals surface area contributed by atoms with Gasteiger partial charge in [0.05, 0.1) is 6.54 Å². The third-order valence-corrected chi connectivity index (χ3v) is 3.41. The summed E-state index contributed by atoms with van der Waals surface area (Å²) in [4.78, 5) is 36.5. The first kappa shape index (κ1) is 10.9. The number of nitrogens with one attached hydrogen (secondary N) is 1. The van der Waals surface area contributed by atoms with Gasteiger partial charge in [-0.05, 0) is 12.8 Å². The number of hydrogen-bond donors (Lipinski definition) is 1. The predicted molar refractivity (Wildman–Crippen MR) is 56.8 cm³/mol. The molecule has 0 atom stereocenters. The van der Waals surface area contributed by atoms with Gasteiger partial charge in [-0.2, -0.15) is 0 Å². The van der Waals surface area contributed by atoms with Crippen molar-refractivity contribution in [1.29, 1.82) is 0 Å². The Labute approximate surface area is 102 Å². The maximum Gasteiger partial charge on any atom is 0.331 e. The average molecular weight is 249 g/mol. The van der Waals surface area contributed by atoms with Gasteiger partial charge in [-0.1, -0.05) is 0 Å². The molecule has 1 saturated heterocycles. The monoisotopic (exact) mass is 249 g/mol. The number of rotatable bonds is 2. The van der Waals surface area contributed by atoms with E-state index in [9.17, 15) is 14.4 Å². The van der Waals surface area contributed by atoms with Crippen LogP contribution in [-0.2, 0) is 23.2 Å². The third kappa shape index (κ3) is 1.35. The normalized spacial score (nSPS) is 21.4. The van der Waals surface area contributed by atoms with Crippen LogP contribution in [0, 0.1) is 5.41 Å². The molecule has 1 saturated carbocycles. The first-order valence-electron chi connectivity index (χ1n) is 5.55. The number of hydrogen-bond acceptors (Lipinski definition) is 5. The molecule has 1 aliphatic carbocycles. The van der Waals surface area contributed by atoms with E-state index in [1.165, 1.54) is 6.33 Å². The Bertz CT molecular complexity index is 560. The highest BCUT2D eigenvalue weighted by Crippen LogP contribution is 2.49. The lowest BCUT2D eigenvalue weighted by atomic mass is 10.0. The van der Waals surface area contributed by atoms with Crippen LogP contribution in [0.25, 0.3) is 0 Å². The molecular weight excluding hydrogens is 238 g/mol. The van der Waals surface area contributed by atoms with Crippen LogP contribution in [0.1, 0.15) is 18.7 Å². The summed E-state index contributed by atoms with van der Waals surface area (Å²) in [7, 11) is 1.72. The molecule has 2 heterocycles. The van der Waals surface area contributed by atoms with Crippen LogP contribution >= 0.6 is 0 Å². The molecule has 94 valence electrons. The van der Waals surface area contributed by atoms with Gasteiger partial charge in [0.1, 0.15) is 11.7 Å². The second-order valence-electron chi connectivity index (χ2n) is 4.59. The summed E-state index contributed by atoms with van der Waals surface area (Å²) in [6, 6.07) is -0.689. The maximum atomic E-state index is 12.2. The van der Waals surface area contributed by atoms with Crippen LogP contribution < -0.4 is 5.32 Å². The Morgan fingerprint density at radius 3 is 2.67 bits per heavy atom. The summed E-state index contributed by atoms with van der Waals surface area (Å²) >= 11 is 0. The molecule has 0 bridgehead atoms. The summed E-state index contributed by atoms with van der Waals surface area (Å²) in [6.07, 6.45) is 2.49. The molecule has 0 aromatic carbocycles. The van der Waals surface area contributed by atoms with Gasteiger partial charge >= 0.3 is 6.03 Å². The van der Waals surface area contributed by atoms with Gasteiger partial charge in [-0.15, -0.1) is 10.2 Å². The van der Waals surface area contributed by atoms with E-state index in [2.05, 4.69) is 15.5 Å². The molecule has 8 nitrogen and oxygen atoms in total. The zero-order valence-electron chi connectivity index (χ0n) is 9.71. The fourth-order valence-corrected chi connectivity index (χ4v) is 2.03. The predicted octanol–water partition coefficient (Wildman–Crippen LogP) is -0.826. The van der Waals surface area contributed by atoms with E-state index in [4.69, 9.17) is 0 Å². The lowest BCUT2D eigenvalue weighted by Gasteiger charge is -2.29. The topological polar surface area (TPSA) is 97.2 Å². The highest BCUT2D eigenvalue weighted by molar-refractivity contribution is 6.20. The lowest BCUT2D eigenvalue weighted by molar-refractivity contribution is -0.145. The second-order valence-corrected chi connectivity index (χ2v) is 4.59. The highest BCUT2D eigenvalue weighted by Gasteiger charge is 2.62. The van der Waals surface area contributed by atoms with E-state index in [1.54, 1.807) is 11.6 Å². The smallest absolute Gasteiger partial charge is 0.319 e. The summed E-state index contributed by atoms with van der Waals surface area (Å²) in [5.41, 5.74) is -1.01. The molecule has 4 amide bonds. The zero-order valence-corrected chi connectivity index (χ0v) is 9.71. The van der Waals surface area contributed by atoms with Crippen LogP contribution in [-0.4, -0.2) is 37.5 Å². The van der Waals surface area contributed by atoms with Crippen LogP contribution in [0.4, 0.5) is 4.79 Å². The number of urea groups is 1. The van der Waals surface area contributed by atoms with E-state index >= 15 is 0 Å². The Morgan fingerprint density at radius 1 is 1.39 bits per heavy atom. The van der Waals surface area contributed by atoms with Crippen LogP contribution in [0.5, 0.6) is 0 Å². The number of carbonyl (C=O) groups excluding carboxylic acids is 3. The van der Waals surface area contributed by atoms with Crippen molar-refractivity contribution >= 4 is 17.8 Å². The molecule has 2 aliphatic rings. The molecule has 1 aliphatic heterocycles. The van der Waals surface area contributed by atoms with Crippen molar-refractivity contribution in [3.05, 3.63) is 12.2 Å². The van der Waals surface area contributed by atoms with Crippen molar-refractivity contribution in [2.24, 2.45) is 12.5 Å². The van der Waals surface area contributed by atoms with Crippen molar-refractivity contribution in [2.75, 3.05) is 0 Å². The quantitative estimate of drug-likeness (QED) is 0.690. The number of aryl methyl sites for hydroxylation is 1. The minimum Gasteiger partial charge on any atom is -0.319 e. The number of aromatic nitrogens is 3. The Hall–Kier alpha value is -2.25. The van der Waals surface area contributed by atoms with E-state index < -0.39 is 23.3 Å². The number of amides is 4. The summed E-state index contributed by atoms with van der Waals surface area (Å²) < 4.78 is 1.62. The molecule has 18 heavy (non-hydrogen) atoms.